The molecule has 3 atom stereocenters. The van der Waals surface area contributed by atoms with Gasteiger partial charge in [-0.3, -0.25) is 4.98 Å². The van der Waals surface area contributed by atoms with E-state index in [2.05, 4.69) is 32.3 Å². The van der Waals surface area contributed by atoms with Gasteiger partial charge in [-0.15, -0.1) is 0 Å². The fraction of sp³-hybridized carbons (Fsp3) is 0.400. The van der Waals surface area contributed by atoms with E-state index in [0.29, 0.717) is 55.0 Å². The van der Waals surface area contributed by atoms with Crippen molar-refractivity contribution in [3.8, 4) is 11.4 Å². The van der Waals surface area contributed by atoms with Crippen LogP contribution in [0.25, 0.3) is 11.4 Å². The number of anilines is 4. The average Bonchev–Trinajstić information content (AvgIpc) is 3.54. The minimum Gasteiger partial charge on any atom is -0.377 e. The number of carbonyl (C=O) groups excluding carboxylic acids is 1. The molecule has 2 bridgehead atoms. The molecule has 186 valence electrons. The molecule has 2 aromatic heterocycles. The van der Waals surface area contributed by atoms with Gasteiger partial charge < -0.3 is 29.9 Å². The fourth-order valence-corrected chi connectivity index (χ4v) is 4.84. The maximum Gasteiger partial charge on any atom is 0.323 e. The van der Waals surface area contributed by atoms with Crippen LogP contribution in [0.2, 0.25) is 0 Å². The van der Waals surface area contributed by atoms with Crippen LogP contribution in [0.3, 0.4) is 0 Å². The average molecular weight is 489 g/mol. The first kappa shape index (κ1) is 22.6. The number of hydrogen-bond donors (Lipinski definition) is 2. The van der Waals surface area contributed by atoms with Crippen molar-refractivity contribution in [1.29, 1.82) is 0 Å². The third-order valence-electron chi connectivity index (χ3n) is 6.71. The van der Waals surface area contributed by atoms with Crippen LogP contribution in [0.4, 0.5) is 28.1 Å². The second kappa shape index (κ2) is 9.67. The van der Waals surface area contributed by atoms with Gasteiger partial charge in [-0.2, -0.15) is 15.0 Å². The number of amides is 2. The van der Waals surface area contributed by atoms with Crippen molar-refractivity contribution in [2.24, 2.45) is 0 Å². The van der Waals surface area contributed by atoms with Crippen molar-refractivity contribution in [2.45, 2.75) is 31.5 Å². The summed E-state index contributed by atoms with van der Waals surface area (Å²) in [6.45, 7) is 5.63. The molecule has 5 heterocycles. The first-order valence-corrected chi connectivity index (χ1v) is 12.2. The van der Waals surface area contributed by atoms with Crippen LogP contribution in [-0.2, 0) is 9.47 Å². The monoisotopic (exact) mass is 488 g/mol. The van der Waals surface area contributed by atoms with Gasteiger partial charge >= 0.3 is 6.03 Å². The van der Waals surface area contributed by atoms with Crippen molar-refractivity contribution in [3.05, 3.63) is 48.8 Å². The summed E-state index contributed by atoms with van der Waals surface area (Å²) >= 11 is 0. The van der Waals surface area contributed by atoms with Crippen molar-refractivity contribution in [1.82, 2.24) is 19.9 Å². The minimum atomic E-state index is -0.340. The van der Waals surface area contributed by atoms with Gasteiger partial charge in [-0.05, 0) is 49.7 Å². The maximum absolute atomic E-state index is 12.3. The summed E-state index contributed by atoms with van der Waals surface area (Å²) in [7, 11) is 0. The van der Waals surface area contributed by atoms with Crippen LogP contribution < -0.4 is 20.4 Å². The lowest BCUT2D eigenvalue weighted by Crippen LogP contribution is -2.45. The molecule has 1 aromatic carbocycles. The number of fused-ring (bicyclic) bond motifs is 2. The van der Waals surface area contributed by atoms with Crippen LogP contribution in [0.15, 0.2) is 48.8 Å². The highest BCUT2D eigenvalue weighted by atomic mass is 16.5. The maximum atomic E-state index is 12.3. The number of morpholine rings is 2. The van der Waals surface area contributed by atoms with Crippen LogP contribution in [0, 0.1) is 0 Å². The van der Waals surface area contributed by atoms with Gasteiger partial charge in [0.25, 0.3) is 0 Å². The van der Waals surface area contributed by atoms with Gasteiger partial charge in [0.15, 0.2) is 5.82 Å². The number of nitrogens with one attached hydrogen (secondary N) is 2. The quantitative estimate of drug-likeness (QED) is 0.559. The predicted octanol–water partition coefficient (Wildman–Crippen LogP) is 2.78. The Bertz CT molecular complexity index is 1210. The van der Waals surface area contributed by atoms with Crippen molar-refractivity contribution in [3.63, 3.8) is 0 Å². The van der Waals surface area contributed by atoms with Gasteiger partial charge in [0.2, 0.25) is 11.9 Å². The number of pyridine rings is 1. The highest BCUT2D eigenvalue weighted by molar-refractivity contribution is 5.99. The van der Waals surface area contributed by atoms with Crippen LogP contribution in [0.5, 0.6) is 0 Å². The zero-order valence-electron chi connectivity index (χ0n) is 20.0. The number of urea groups is 1. The molecule has 3 fully saturated rings. The van der Waals surface area contributed by atoms with E-state index < -0.39 is 0 Å². The molecule has 0 spiro atoms. The molecule has 0 radical (unpaired) electrons. The molecular weight excluding hydrogens is 460 g/mol. The first-order valence-electron chi connectivity index (χ1n) is 12.2. The lowest BCUT2D eigenvalue weighted by Gasteiger charge is -2.34. The standard InChI is InChI=1S/C25H28N8O3/c1-16-14-35-10-9-32(16)23-29-22(30-24(31-23)33-13-21-11-20(33)15-36-21)17-4-6-18(7-5-17)27-25(34)28-19-3-2-8-26-12-19/h2-8,12,16,20-21H,9-11,13-15H2,1H3,(H2,27,28,34)/t16?,20-,21-/m0/s1. The molecule has 0 saturated carbocycles. The number of benzene rings is 1. The normalized spacial score (nSPS) is 23.1. The highest BCUT2D eigenvalue weighted by Crippen LogP contribution is 2.33. The van der Waals surface area contributed by atoms with E-state index in [1.807, 2.05) is 24.3 Å². The summed E-state index contributed by atoms with van der Waals surface area (Å²) in [5, 5.41) is 5.60. The molecule has 11 heteroatoms. The highest BCUT2D eigenvalue weighted by Gasteiger charge is 2.41. The molecule has 36 heavy (non-hydrogen) atoms. The summed E-state index contributed by atoms with van der Waals surface area (Å²) in [5.41, 5.74) is 2.13. The number of nitrogens with zero attached hydrogens (tertiary/aromatic N) is 6. The topological polar surface area (TPSA) is 118 Å². The van der Waals surface area contributed by atoms with E-state index in [1.165, 1.54) is 0 Å². The van der Waals surface area contributed by atoms with E-state index in [9.17, 15) is 4.79 Å². The Morgan fingerprint density at radius 2 is 1.81 bits per heavy atom. The predicted molar refractivity (Wildman–Crippen MR) is 135 cm³/mol. The Hall–Kier alpha value is -3.83. The Morgan fingerprint density at radius 1 is 1.00 bits per heavy atom. The zero-order valence-corrected chi connectivity index (χ0v) is 20.0. The van der Waals surface area contributed by atoms with E-state index in [1.54, 1.807) is 24.5 Å². The third kappa shape index (κ3) is 4.67. The molecule has 2 amide bonds. The van der Waals surface area contributed by atoms with Gasteiger partial charge in [0.05, 0.1) is 49.9 Å². The number of rotatable bonds is 5. The molecule has 1 unspecified atom stereocenters. The summed E-state index contributed by atoms with van der Waals surface area (Å²) in [4.78, 5) is 35.3. The van der Waals surface area contributed by atoms with Crippen molar-refractivity contribution >= 4 is 29.3 Å². The van der Waals surface area contributed by atoms with E-state index in [4.69, 9.17) is 24.4 Å². The Morgan fingerprint density at radius 3 is 2.50 bits per heavy atom. The number of carbonyl (C=O) groups is 1. The molecule has 0 aliphatic carbocycles. The molecule has 3 aliphatic rings. The van der Waals surface area contributed by atoms with Gasteiger partial charge in [0, 0.05) is 30.5 Å². The van der Waals surface area contributed by atoms with Crippen LogP contribution >= 0.6 is 0 Å². The molecular formula is C25H28N8O3. The van der Waals surface area contributed by atoms with E-state index in [0.717, 1.165) is 25.1 Å². The van der Waals surface area contributed by atoms with Gasteiger partial charge in [0.1, 0.15) is 0 Å². The Labute approximate surface area is 208 Å². The molecule has 3 aromatic rings. The van der Waals surface area contributed by atoms with Crippen LogP contribution in [-0.4, -0.2) is 77.1 Å². The summed E-state index contributed by atoms with van der Waals surface area (Å²) in [6.07, 6.45) is 4.49. The molecule has 2 N–H and O–H groups in total. The molecule has 6 rings (SSSR count). The van der Waals surface area contributed by atoms with Crippen LogP contribution in [0.1, 0.15) is 13.3 Å². The van der Waals surface area contributed by atoms with Gasteiger partial charge in [-0.1, -0.05) is 0 Å². The van der Waals surface area contributed by atoms with Gasteiger partial charge in [-0.25, -0.2) is 4.79 Å². The number of ether oxygens (including phenoxy) is 2. The second-order valence-corrected chi connectivity index (χ2v) is 9.27. The zero-order chi connectivity index (χ0) is 24.5. The largest absolute Gasteiger partial charge is 0.377 e. The smallest absolute Gasteiger partial charge is 0.323 e. The number of aromatic nitrogens is 4. The summed E-state index contributed by atoms with van der Waals surface area (Å²) < 4.78 is 11.4. The second-order valence-electron chi connectivity index (χ2n) is 9.27. The van der Waals surface area contributed by atoms with E-state index >= 15 is 0 Å². The third-order valence-corrected chi connectivity index (χ3v) is 6.71. The SMILES string of the molecule is CC1COCCN1c1nc(-c2ccc(NC(=O)Nc3cccnc3)cc2)nc(N2C[C@@H]3C[C@H]2CO3)n1. The lowest BCUT2D eigenvalue weighted by atomic mass is 10.2. The minimum absolute atomic E-state index is 0.171. The Kier molecular flexibility index (Phi) is 6.08. The molecule has 11 nitrogen and oxygen atoms in total. The Balaban J connectivity index is 1.25. The van der Waals surface area contributed by atoms with Crippen molar-refractivity contribution in [2.75, 3.05) is 53.3 Å². The van der Waals surface area contributed by atoms with Crippen molar-refractivity contribution < 1.29 is 14.3 Å². The lowest BCUT2D eigenvalue weighted by molar-refractivity contribution is 0.0974. The summed E-state index contributed by atoms with van der Waals surface area (Å²) in [6, 6.07) is 11.2. The van der Waals surface area contributed by atoms with E-state index in [-0.39, 0.29) is 18.2 Å². The molecule has 3 aliphatic heterocycles. The fourth-order valence-electron chi connectivity index (χ4n) is 4.84. The first-order chi connectivity index (χ1) is 17.6. The molecule has 3 saturated heterocycles. The summed E-state index contributed by atoms with van der Waals surface area (Å²) in [5.74, 6) is 1.94. The number of hydrogen-bond acceptors (Lipinski definition) is 9.